The first-order valence-corrected chi connectivity index (χ1v) is 6.68. The number of benzene rings is 1. The summed E-state index contributed by atoms with van der Waals surface area (Å²) in [5, 5.41) is 9.34. The Morgan fingerprint density at radius 1 is 1.45 bits per heavy atom. The van der Waals surface area contributed by atoms with Gasteiger partial charge in [-0.2, -0.15) is 0 Å². The first-order chi connectivity index (χ1) is 9.58. The molecule has 20 heavy (non-hydrogen) atoms. The fourth-order valence-corrected chi connectivity index (χ4v) is 1.94. The minimum Gasteiger partial charge on any atom is -0.497 e. The lowest BCUT2D eigenvalue weighted by Gasteiger charge is -2.09. The van der Waals surface area contributed by atoms with E-state index in [-0.39, 0.29) is 12.5 Å². The molecule has 1 amide bonds. The summed E-state index contributed by atoms with van der Waals surface area (Å²) in [4.78, 5) is 11.8. The number of methoxy groups -OCH3 is 1. The average Bonchev–Trinajstić information content (AvgIpc) is 2.83. The maximum absolute atomic E-state index is 11.8. The van der Waals surface area contributed by atoms with Crippen molar-refractivity contribution in [3.05, 3.63) is 34.5 Å². The highest BCUT2D eigenvalue weighted by Crippen LogP contribution is 2.26. The van der Waals surface area contributed by atoms with Gasteiger partial charge in [0.2, 0.25) is 5.91 Å². The predicted octanol–water partition coefficient (Wildman–Crippen LogP) is 2.80. The molecule has 0 aliphatic heterocycles. The van der Waals surface area contributed by atoms with Gasteiger partial charge in [-0.15, -0.1) is 0 Å². The number of carbonyl (C=O) groups is 1. The Hall–Kier alpha value is -2.02. The van der Waals surface area contributed by atoms with Gasteiger partial charge in [-0.3, -0.25) is 4.79 Å². The number of carbonyl (C=O) groups excluding carboxylic acids is 1. The molecule has 1 aromatic heterocycles. The average molecular weight is 340 g/mol. The SMILES string of the molecule is COc1ccc(Br)c(NCC(=O)Nc2cc(C)on2)c1. The molecule has 2 aromatic rings. The third kappa shape index (κ3) is 3.74. The topological polar surface area (TPSA) is 76.4 Å². The summed E-state index contributed by atoms with van der Waals surface area (Å²) in [6, 6.07) is 7.13. The Balaban J connectivity index is 1.93. The van der Waals surface area contributed by atoms with Crippen molar-refractivity contribution in [2.24, 2.45) is 0 Å². The number of rotatable bonds is 5. The molecule has 2 N–H and O–H groups in total. The van der Waals surface area contributed by atoms with E-state index in [0.29, 0.717) is 17.3 Å². The van der Waals surface area contributed by atoms with Gasteiger partial charge in [0, 0.05) is 16.6 Å². The van der Waals surface area contributed by atoms with Crippen LogP contribution in [-0.4, -0.2) is 24.7 Å². The first kappa shape index (κ1) is 14.4. The van der Waals surface area contributed by atoms with Gasteiger partial charge in [-0.25, -0.2) is 0 Å². The number of hydrogen-bond donors (Lipinski definition) is 2. The molecule has 106 valence electrons. The molecule has 0 aliphatic rings. The molecule has 0 saturated heterocycles. The van der Waals surface area contributed by atoms with Crippen LogP contribution in [0.1, 0.15) is 5.76 Å². The van der Waals surface area contributed by atoms with Gasteiger partial charge in [-0.1, -0.05) is 5.16 Å². The molecule has 0 bridgehead atoms. The summed E-state index contributed by atoms with van der Waals surface area (Å²) in [6.07, 6.45) is 0. The minimum atomic E-state index is -0.215. The van der Waals surface area contributed by atoms with Crippen molar-refractivity contribution in [1.82, 2.24) is 5.16 Å². The van der Waals surface area contributed by atoms with Gasteiger partial charge >= 0.3 is 0 Å². The zero-order valence-electron chi connectivity index (χ0n) is 11.1. The van der Waals surface area contributed by atoms with Crippen molar-refractivity contribution in [2.75, 3.05) is 24.3 Å². The van der Waals surface area contributed by atoms with Crippen LogP contribution in [0, 0.1) is 6.92 Å². The number of aromatic nitrogens is 1. The fraction of sp³-hybridized carbons (Fsp3) is 0.231. The Morgan fingerprint density at radius 2 is 2.25 bits per heavy atom. The van der Waals surface area contributed by atoms with E-state index >= 15 is 0 Å². The van der Waals surface area contributed by atoms with E-state index in [2.05, 4.69) is 31.7 Å². The molecule has 0 unspecified atom stereocenters. The van der Waals surface area contributed by atoms with E-state index < -0.39 is 0 Å². The third-order valence-electron chi connectivity index (χ3n) is 2.51. The van der Waals surface area contributed by atoms with E-state index in [9.17, 15) is 4.79 Å². The van der Waals surface area contributed by atoms with Crippen LogP contribution in [0.4, 0.5) is 11.5 Å². The van der Waals surface area contributed by atoms with Gasteiger partial charge < -0.3 is 19.9 Å². The second kappa shape index (κ2) is 6.42. The van der Waals surface area contributed by atoms with Crippen molar-refractivity contribution in [1.29, 1.82) is 0 Å². The molecular formula is C13H14BrN3O3. The highest BCUT2D eigenvalue weighted by atomic mass is 79.9. The minimum absolute atomic E-state index is 0.109. The van der Waals surface area contributed by atoms with Crippen LogP contribution in [0.25, 0.3) is 0 Å². The second-order valence-electron chi connectivity index (χ2n) is 4.07. The van der Waals surface area contributed by atoms with Gasteiger partial charge in [0.05, 0.1) is 19.3 Å². The molecule has 0 spiro atoms. The monoisotopic (exact) mass is 339 g/mol. The Labute approximate surface area is 124 Å². The number of nitrogens with zero attached hydrogens (tertiary/aromatic N) is 1. The number of nitrogens with one attached hydrogen (secondary N) is 2. The van der Waals surface area contributed by atoms with Crippen LogP contribution in [0.2, 0.25) is 0 Å². The van der Waals surface area contributed by atoms with Crippen molar-refractivity contribution >= 4 is 33.3 Å². The van der Waals surface area contributed by atoms with Crippen LogP contribution in [0.15, 0.2) is 33.3 Å². The van der Waals surface area contributed by atoms with E-state index in [0.717, 1.165) is 10.2 Å². The predicted molar refractivity (Wildman–Crippen MR) is 79.1 cm³/mol. The Bertz CT molecular complexity index is 613. The molecule has 6 nitrogen and oxygen atoms in total. The van der Waals surface area contributed by atoms with Gasteiger partial charge in [-0.05, 0) is 35.0 Å². The van der Waals surface area contributed by atoms with Crippen LogP contribution < -0.4 is 15.4 Å². The maximum Gasteiger partial charge on any atom is 0.244 e. The van der Waals surface area contributed by atoms with E-state index in [4.69, 9.17) is 9.26 Å². The number of aryl methyl sites for hydroxylation is 1. The van der Waals surface area contributed by atoms with Gasteiger partial charge in [0.15, 0.2) is 5.82 Å². The molecule has 0 atom stereocenters. The highest BCUT2D eigenvalue weighted by molar-refractivity contribution is 9.10. The Kier molecular flexibility index (Phi) is 4.62. The van der Waals surface area contributed by atoms with Crippen molar-refractivity contribution in [3.8, 4) is 5.75 Å². The van der Waals surface area contributed by atoms with Crippen LogP contribution >= 0.6 is 15.9 Å². The second-order valence-corrected chi connectivity index (χ2v) is 4.92. The summed E-state index contributed by atoms with van der Waals surface area (Å²) in [5.74, 6) is 1.54. The van der Waals surface area contributed by atoms with Crippen molar-refractivity contribution < 1.29 is 14.1 Å². The summed E-state index contributed by atoms with van der Waals surface area (Å²) in [6.45, 7) is 1.87. The maximum atomic E-state index is 11.8. The van der Waals surface area contributed by atoms with Crippen LogP contribution in [0.5, 0.6) is 5.75 Å². The molecule has 0 fully saturated rings. The number of ether oxygens (including phenoxy) is 1. The molecule has 0 aliphatic carbocycles. The van der Waals surface area contributed by atoms with E-state index in [1.807, 2.05) is 12.1 Å². The van der Waals surface area contributed by atoms with Gasteiger partial charge in [0.25, 0.3) is 0 Å². The largest absolute Gasteiger partial charge is 0.497 e. The zero-order valence-corrected chi connectivity index (χ0v) is 12.7. The molecule has 2 rings (SSSR count). The van der Waals surface area contributed by atoms with E-state index in [1.54, 1.807) is 26.2 Å². The van der Waals surface area contributed by atoms with Crippen molar-refractivity contribution in [2.45, 2.75) is 6.92 Å². The lowest BCUT2D eigenvalue weighted by molar-refractivity contribution is -0.114. The van der Waals surface area contributed by atoms with Crippen LogP contribution in [-0.2, 0) is 4.79 Å². The highest BCUT2D eigenvalue weighted by Gasteiger charge is 2.07. The molecule has 0 saturated carbocycles. The number of hydrogen-bond acceptors (Lipinski definition) is 5. The smallest absolute Gasteiger partial charge is 0.244 e. The lowest BCUT2D eigenvalue weighted by Crippen LogP contribution is -2.22. The first-order valence-electron chi connectivity index (χ1n) is 5.89. The summed E-state index contributed by atoms with van der Waals surface area (Å²) < 4.78 is 10.9. The van der Waals surface area contributed by atoms with Gasteiger partial charge in [0.1, 0.15) is 11.5 Å². The lowest BCUT2D eigenvalue weighted by atomic mass is 10.3. The molecule has 7 heteroatoms. The van der Waals surface area contributed by atoms with Crippen LogP contribution in [0.3, 0.4) is 0 Å². The van der Waals surface area contributed by atoms with Crippen molar-refractivity contribution in [3.63, 3.8) is 0 Å². The zero-order chi connectivity index (χ0) is 14.5. The summed E-state index contributed by atoms with van der Waals surface area (Å²) in [7, 11) is 1.59. The third-order valence-corrected chi connectivity index (χ3v) is 3.20. The molecule has 1 aromatic carbocycles. The number of amides is 1. The number of halogens is 1. The standard InChI is InChI=1S/C13H14BrN3O3/c1-8-5-12(17-20-8)16-13(18)7-15-11-6-9(19-2)3-4-10(11)14/h3-6,15H,7H2,1-2H3,(H,16,17,18). The fourth-order valence-electron chi connectivity index (χ4n) is 1.55. The Morgan fingerprint density at radius 3 is 2.90 bits per heavy atom. The molecule has 0 radical (unpaired) electrons. The summed E-state index contributed by atoms with van der Waals surface area (Å²) in [5.41, 5.74) is 0.774. The number of anilines is 2. The molecule has 1 heterocycles. The quantitative estimate of drug-likeness (QED) is 0.875. The van der Waals surface area contributed by atoms with E-state index in [1.165, 1.54) is 0 Å². The molecular weight excluding hydrogens is 326 g/mol. The summed E-state index contributed by atoms with van der Waals surface area (Å²) >= 11 is 3.40. The normalized spacial score (nSPS) is 10.2.